The number of rotatable bonds is 3. The number of halogens is 1. The Morgan fingerprint density at radius 2 is 1.54 bits per heavy atom. The molecule has 0 saturated carbocycles. The fourth-order valence-electron chi connectivity index (χ4n) is 3.53. The molecule has 0 radical (unpaired) electrons. The minimum Gasteiger partial charge on any atom is -0.478 e. The topological polar surface area (TPSA) is 66.4 Å². The molecule has 1 aliphatic carbocycles. The van der Waals surface area contributed by atoms with Gasteiger partial charge in [-0.1, -0.05) is 45.9 Å². The summed E-state index contributed by atoms with van der Waals surface area (Å²) < 4.78 is 13.9. The Hall–Kier alpha value is -2.95. The average molecular weight is 381 g/mol. The second kappa shape index (κ2) is 6.59. The molecular weight excluding hydrogens is 357 g/mol. The number of anilines is 1. The highest BCUT2D eigenvalue weighted by Gasteiger charge is 2.33. The van der Waals surface area contributed by atoms with E-state index in [1.807, 2.05) is 13.0 Å². The van der Waals surface area contributed by atoms with E-state index in [4.69, 9.17) is 5.11 Å². The molecule has 1 aliphatic rings. The minimum atomic E-state index is -1.37. The summed E-state index contributed by atoms with van der Waals surface area (Å²) in [5.74, 6) is -2.79. The Labute approximate surface area is 164 Å². The number of aryl methyl sites for hydroxylation is 1. The van der Waals surface area contributed by atoms with Gasteiger partial charge in [-0.2, -0.15) is 0 Å². The molecule has 2 aromatic rings. The van der Waals surface area contributed by atoms with Crippen molar-refractivity contribution in [2.45, 2.75) is 45.4 Å². The number of carbonyl (C=O) groups excluding carboxylic acids is 1. The number of carboxylic acid groups (broad SMARTS) is 1. The van der Waals surface area contributed by atoms with Gasteiger partial charge >= 0.3 is 5.97 Å². The number of amides is 1. The molecule has 0 saturated heterocycles. The van der Waals surface area contributed by atoms with Crippen LogP contribution >= 0.6 is 0 Å². The Bertz CT molecular complexity index is 1020. The molecule has 146 valence electrons. The highest BCUT2D eigenvalue weighted by molar-refractivity contribution is 6.05. The van der Waals surface area contributed by atoms with E-state index in [9.17, 15) is 14.0 Å². The van der Waals surface area contributed by atoms with Crippen molar-refractivity contribution in [3.8, 4) is 0 Å². The first kappa shape index (κ1) is 19.8. The van der Waals surface area contributed by atoms with Crippen molar-refractivity contribution in [1.82, 2.24) is 0 Å². The summed E-state index contributed by atoms with van der Waals surface area (Å²) >= 11 is 0. The van der Waals surface area contributed by atoms with Gasteiger partial charge in [0.25, 0.3) is 5.91 Å². The van der Waals surface area contributed by atoms with Crippen LogP contribution in [-0.2, 0) is 10.8 Å². The third-order valence-corrected chi connectivity index (χ3v) is 5.38. The number of nitrogens with one attached hydrogen (secondary N) is 1. The maximum atomic E-state index is 13.9. The maximum Gasteiger partial charge on any atom is 0.338 e. The second-order valence-electron chi connectivity index (χ2n) is 8.44. The number of allylic oxidation sites excluding steroid dienone is 2. The van der Waals surface area contributed by atoms with Gasteiger partial charge in [0.05, 0.1) is 5.56 Å². The van der Waals surface area contributed by atoms with Gasteiger partial charge in [-0.3, -0.25) is 4.79 Å². The van der Waals surface area contributed by atoms with Crippen molar-refractivity contribution in [1.29, 1.82) is 0 Å². The zero-order chi connectivity index (χ0) is 20.9. The normalized spacial score (nSPS) is 16.4. The van der Waals surface area contributed by atoms with Gasteiger partial charge in [0.1, 0.15) is 5.82 Å². The van der Waals surface area contributed by atoms with E-state index in [0.717, 1.165) is 23.3 Å². The van der Waals surface area contributed by atoms with E-state index in [1.165, 1.54) is 11.6 Å². The zero-order valence-corrected chi connectivity index (χ0v) is 16.7. The standard InChI is InChI=1S/C23H24FNO3/c1-13-10-16-17(23(4,5)9-8-22(16,2)3)12-19(13)25-20(26)14-6-7-15(21(27)28)18(24)11-14/h6-12H,1-5H3,(H,25,26)(H,27,28). The van der Waals surface area contributed by atoms with Gasteiger partial charge in [-0.05, 0) is 47.9 Å². The predicted octanol–water partition coefficient (Wildman–Crippen LogP) is 5.21. The van der Waals surface area contributed by atoms with Crippen LogP contribution in [0.3, 0.4) is 0 Å². The highest BCUT2D eigenvalue weighted by atomic mass is 19.1. The van der Waals surface area contributed by atoms with Crippen LogP contribution in [0.25, 0.3) is 0 Å². The van der Waals surface area contributed by atoms with Crippen molar-refractivity contribution in [2.24, 2.45) is 0 Å². The summed E-state index contributed by atoms with van der Waals surface area (Å²) in [5.41, 5.74) is 3.25. The van der Waals surface area contributed by atoms with Gasteiger partial charge in [0, 0.05) is 22.1 Å². The molecule has 2 N–H and O–H groups in total. The fraction of sp³-hybridized carbons (Fsp3) is 0.304. The molecule has 1 amide bonds. The summed E-state index contributed by atoms with van der Waals surface area (Å²) in [6, 6.07) is 7.43. The van der Waals surface area contributed by atoms with Crippen molar-refractivity contribution in [3.63, 3.8) is 0 Å². The lowest BCUT2D eigenvalue weighted by Crippen LogP contribution is -2.29. The SMILES string of the molecule is Cc1cc2c(cc1NC(=O)c1ccc(C(=O)O)c(F)c1)C(C)(C)C=CC2(C)C. The van der Waals surface area contributed by atoms with Gasteiger partial charge < -0.3 is 10.4 Å². The first-order valence-electron chi connectivity index (χ1n) is 9.12. The third kappa shape index (κ3) is 3.44. The van der Waals surface area contributed by atoms with E-state index in [0.29, 0.717) is 5.69 Å². The average Bonchev–Trinajstić information content (AvgIpc) is 2.60. The molecule has 5 heteroatoms. The maximum absolute atomic E-state index is 13.9. The quantitative estimate of drug-likeness (QED) is 0.717. The third-order valence-electron chi connectivity index (χ3n) is 5.38. The van der Waals surface area contributed by atoms with Crippen LogP contribution < -0.4 is 5.32 Å². The van der Waals surface area contributed by atoms with E-state index in [-0.39, 0.29) is 16.4 Å². The number of aromatic carboxylic acids is 1. The molecule has 3 rings (SSSR count). The molecule has 0 aliphatic heterocycles. The summed E-state index contributed by atoms with van der Waals surface area (Å²) in [6.07, 6.45) is 4.38. The van der Waals surface area contributed by atoms with Gasteiger partial charge in [-0.25, -0.2) is 9.18 Å². The van der Waals surface area contributed by atoms with Crippen molar-refractivity contribution >= 4 is 17.6 Å². The lowest BCUT2D eigenvalue weighted by molar-refractivity contribution is 0.0691. The highest BCUT2D eigenvalue weighted by Crippen LogP contribution is 2.43. The van der Waals surface area contributed by atoms with E-state index in [1.54, 1.807) is 0 Å². The van der Waals surface area contributed by atoms with Crippen LogP contribution in [-0.4, -0.2) is 17.0 Å². The minimum absolute atomic E-state index is 0.0686. The fourth-order valence-corrected chi connectivity index (χ4v) is 3.53. The lowest BCUT2D eigenvalue weighted by Gasteiger charge is -2.37. The first-order valence-corrected chi connectivity index (χ1v) is 9.12. The molecule has 0 aromatic heterocycles. The Morgan fingerprint density at radius 1 is 0.964 bits per heavy atom. The van der Waals surface area contributed by atoms with Crippen LogP contribution in [0.2, 0.25) is 0 Å². The van der Waals surface area contributed by atoms with Crippen LogP contribution in [0, 0.1) is 12.7 Å². The molecule has 0 unspecified atom stereocenters. The number of carbonyl (C=O) groups is 2. The zero-order valence-electron chi connectivity index (χ0n) is 16.7. The predicted molar refractivity (Wildman–Crippen MR) is 108 cm³/mol. The molecular formula is C23H24FNO3. The van der Waals surface area contributed by atoms with Crippen LogP contribution in [0.5, 0.6) is 0 Å². The number of fused-ring (bicyclic) bond motifs is 1. The van der Waals surface area contributed by atoms with Crippen molar-refractivity contribution < 1.29 is 19.1 Å². The number of carboxylic acids is 1. The molecule has 0 fully saturated rings. The smallest absolute Gasteiger partial charge is 0.338 e. The van der Waals surface area contributed by atoms with Gasteiger partial charge in [0.15, 0.2) is 0 Å². The lowest BCUT2D eigenvalue weighted by atomic mass is 9.67. The summed E-state index contributed by atoms with van der Waals surface area (Å²) in [4.78, 5) is 23.6. The van der Waals surface area contributed by atoms with E-state index < -0.39 is 23.3 Å². The Kier molecular flexibility index (Phi) is 4.66. The molecule has 28 heavy (non-hydrogen) atoms. The Morgan fingerprint density at radius 3 is 2.07 bits per heavy atom. The molecule has 0 bridgehead atoms. The van der Waals surface area contributed by atoms with Crippen LogP contribution in [0.1, 0.15) is 65.1 Å². The summed E-state index contributed by atoms with van der Waals surface area (Å²) in [6.45, 7) is 10.5. The number of hydrogen-bond donors (Lipinski definition) is 2. The summed E-state index contributed by atoms with van der Waals surface area (Å²) in [7, 11) is 0. The van der Waals surface area contributed by atoms with Gasteiger partial charge in [0.2, 0.25) is 0 Å². The molecule has 0 spiro atoms. The van der Waals surface area contributed by atoms with E-state index in [2.05, 4.69) is 51.2 Å². The monoisotopic (exact) mass is 381 g/mol. The summed E-state index contributed by atoms with van der Waals surface area (Å²) in [5, 5.41) is 11.8. The number of hydrogen-bond acceptors (Lipinski definition) is 2. The second-order valence-corrected chi connectivity index (χ2v) is 8.44. The molecule has 0 atom stereocenters. The molecule has 2 aromatic carbocycles. The van der Waals surface area contributed by atoms with Gasteiger partial charge in [-0.15, -0.1) is 0 Å². The van der Waals surface area contributed by atoms with Crippen molar-refractivity contribution in [2.75, 3.05) is 5.32 Å². The number of benzene rings is 2. The van der Waals surface area contributed by atoms with Crippen LogP contribution in [0.4, 0.5) is 10.1 Å². The van der Waals surface area contributed by atoms with Crippen LogP contribution in [0.15, 0.2) is 42.5 Å². The molecule has 0 heterocycles. The molecule has 4 nitrogen and oxygen atoms in total. The van der Waals surface area contributed by atoms with Crippen molar-refractivity contribution in [3.05, 3.63) is 76.1 Å². The Balaban J connectivity index is 1.97. The first-order chi connectivity index (χ1) is 12.9. The van der Waals surface area contributed by atoms with E-state index >= 15 is 0 Å². The largest absolute Gasteiger partial charge is 0.478 e.